The monoisotopic (exact) mass is 318 g/mol. The van der Waals surface area contributed by atoms with Gasteiger partial charge in [-0.25, -0.2) is 4.98 Å². The molecule has 0 radical (unpaired) electrons. The van der Waals surface area contributed by atoms with Crippen LogP contribution in [0.4, 0.5) is 5.82 Å². The highest BCUT2D eigenvalue weighted by molar-refractivity contribution is 9.10. The van der Waals surface area contributed by atoms with Crippen LogP contribution in [0.1, 0.15) is 12.8 Å². The molecule has 0 bridgehead atoms. The Morgan fingerprint density at radius 3 is 3.00 bits per heavy atom. The van der Waals surface area contributed by atoms with E-state index in [1.54, 1.807) is 6.20 Å². The van der Waals surface area contributed by atoms with Gasteiger partial charge in [-0.05, 0) is 40.8 Å². The van der Waals surface area contributed by atoms with Gasteiger partial charge >= 0.3 is 0 Å². The van der Waals surface area contributed by atoms with Gasteiger partial charge in [-0.2, -0.15) is 0 Å². The Bertz CT molecular complexity index is 385. The molecule has 5 heteroatoms. The summed E-state index contributed by atoms with van der Waals surface area (Å²) < 4.78 is 6.48. The number of hydrogen-bond acceptors (Lipinski definition) is 3. The number of rotatable bonds is 6. The van der Waals surface area contributed by atoms with Gasteiger partial charge in [0.1, 0.15) is 5.82 Å². The smallest absolute Gasteiger partial charge is 0.147 e. The molecule has 3 nitrogen and oxygen atoms in total. The maximum absolute atomic E-state index is 6.12. The van der Waals surface area contributed by atoms with Gasteiger partial charge in [0.15, 0.2) is 0 Å². The Labute approximate surface area is 115 Å². The SMILES string of the molecule is CN(CCOCC1CC1)c1ncc(Br)cc1Cl. The highest BCUT2D eigenvalue weighted by atomic mass is 79.9. The first-order valence-electron chi connectivity index (χ1n) is 5.76. The molecule has 1 saturated carbocycles. The van der Waals surface area contributed by atoms with E-state index < -0.39 is 0 Å². The standard InChI is InChI=1S/C12H16BrClN2O/c1-16(4-5-17-8-9-2-3-9)12-11(14)6-10(13)7-15-12/h6-7,9H,2-5,8H2,1H3. The van der Waals surface area contributed by atoms with Crippen molar-refractivity contribution in [3.8, 4) is 0 Å². The average molecular weight is 320 g/mol. The van der Waals surface area contributed by atoms with Gasteiger partial charge in [0.2, 0.25) is 0 Å². The minimum absolute atomic E-state index is 0.657. The summed E-state index contributed by atoms with van der Waals surface area (Å²) in [5.74, 6) is 1.61. The number of likely N-dealkylation sites (N-methyl/N-ethyl adjacent to an activating group) is 1. The molecule has 1 aromatic rings. The van der Waals surface area contributed by atoms with Gasteiger partial charge in [0.05, 0.1) is 11.6 Å². The molecule has 1 aromatic heterocycles. The molecule has 17 heavy (non-hydrogen) atoms. The van der Waals surface area contributed by atoms with Crippen LogP contribution in [-0.2, 0) is 4.74 Å². The fraction of sp³-hybridized carbons (Fsp3) is 0.583. The molecule has 0 aliphatic heterocycles. The lowest BCUT2D eigenvalue weighted by Gasteiger charge is -2.19. The van der Waals surface area contributed by atoms with E-state index in [9.17, 15) is 0 Å². The minimum atomic E-state index is 0.657. The van der Waals surface area contributed by atoms with E-state index in [1.807, 2.05) is 18.0 Å². The number of aromatic nitrogens is 1. The first-order chi connectivity index (χ1) is 8.16. The van der Waals surface area contributed by atoms with E-state index >= 15 is 0 Å². The number of anilines is 1. The fourth-order valence-corrected chi connectivity index (χ4v) is 2.30. The van der Waals surface area contributed by atoms with Gasteiger partial charge < -0.3 is 9.64 Å². The third kappa shape index (κ3) is 4.12. The summed E-state index contributed by atoms with van der Waals surface area (Å²) in [4.78, 5) is 6.31. The lowest BCUT2D eigenvalue weighted by molar-refractivity contribution is 0.131. The van der Waals surface area contributed by atoms with Crippen molar-refractivity contribution >= 4 is 33.3 Å². The van der Waals surface area contributed by atoms with Crippen molar-refractivity contribution in [2.45, 2.75) is 12.8 Å². The average Bonchev–Trinajstić information content (AvgIpc) is 3.08. The van der Waals surface area contributed by atoms with Crippen LogP contribution in [0.15, 0.2) is 16.7 Å². The highest BCUT2D eigenvalue weighted by Crippen LogP contribution is 2.29. The molecule has 0 N–H and O–H groups in total. The van der Waals surface area contributed by atoms with Gasteiger partial charge in [0.25, 0.3) is 0 Å². The van der Waals surface area contributed by atoms with Crippen molar-refractivity contribution in [1.82, 2.24) is 4.98 Å². The Kier molecular flexibility index (Phi) is 4.65. The fourth-order valence-electron chi connectivity index (χ4n) is 1.53. The second-order valence-electron chi connectivity index (χ2n) is 4.40. The van der Waals surface area contributed by atoms with Crippen LogP contribution >= 0.6 is 27.5 Å². The van der Waals surface area contributed by atoms with E-state index in [0.717, 1.165) is 36.0 Å². The van der Waals surface area contributed by atoms with Crippen LogP contribution in [0.2, 0.25) is 5.02 Å². The van der Waals surface area contributed by atoms with Gasteiger partial charge in [-0.3, -0.25) is 0 Å². The molecular weight excluding hydrogens is 304 g/mol. The second kappa shape index (κ2) is 6.03. The van der Waals surface area contributed by atoms with E-state index in [-0.39, 0.29) is 0 Å². The van der Waals surface area contributed by atoms with Crippen LogP contribution in [-0.4, -0.2) is 31.8 Å². The quantitative estimate of drug-likeness (QED) is 0.752. The summed E-state index contributed by atoms with van der Waals surface area (Å²) >= 11 is 9.46. The summed E-state index contributed by atoms with van der Waals surface area (Å²) in [6, 6.07) is 1.85. The summed E-state index contributed by atoms with van der Waals surface area (Å²) in [7, 11) is 1.97. The van der Waals surface area contributed by atoms with Gasteiger partial charge in [-0.15, -0.1) is 0 Å². The number of hydrogen-bond donors (Lipinski definition) is 0. The van der Waals surface area contributed by atoms with E-state index in [0.29, 0.717) is 5.02 Å². The molecule has 0 atom stereocenters. The number of pyridine rings is 1. The van der Waals surface area contributed by atoms with Crippen molar-refractivity contribution in [2.75, 3.05) is 31.7 Å². The molecular formula is C12H16BrClN2O. The molecule has 0 saturated heterocycles. The van der Waals surface area contributed by atoms with Crippen molar-refractivity contribution in [2.24, 2.45) is 5.92 Å². The Morgan fingerprint density at radius 1 is 1.59 bits per heavy atom. The lowest BCUT2D eigenvalue weighted by atomic mass is 10.4. The molecule has 1 heterocycles. The predicted octanol–water partition coefficient (Wildman–Crippen LogP) is 3.36. The van der Waals surface area contributed by atoms with E-state index in [4.69, 9.17) is 16.3 Å². The maximum Gasteiger partial charge on any atom is 0.147 e. The molecule has 1 aliphatic rings. The maximum atomic E-state index is 6.12. The lowest BCUT2D eigenvalue weighted by Crippen LogP contribution is -2.24. The third-order valence-electron chi connectivity index (χ3n) is 2.77. The molecule has 2 rings (SSSR count). The number of halogens is 2. The van der Waals surface area contributed by atoms with Crippen molar-refractivity contribution in [3.05, 3.63) is 21.8 Å². The van der Waals surface area contributed by atoms with Crippen molar-refractivity contribution in [3.63, 3.8) is 0 Å². The van der Waals surface area contributed by atoms with Crippen molar-refractivity contribution < 1.29 is 4.74 Å². The summed E-state index contributed by atoms with van der Waals surface area (Å²) in [6.45, 7) is 2.43. The number of nitrogens with zero attached hydrogens (tertiary/aromatic N) is 2. The Balaban J connectivity index is 1.78. The van der Waals surface area contributed by atoms with Crippen LogP contribution in [0.25, 0.3) is 0 Å². The van der Waals surface area contributed by atoms with Crippen LogP contribution < -0.4 is 4.90 Å². The van der Waals surface area contributed by atoms with Gasteiger partial charge in [-0.1, -0.05) is 11.6 Å². The summed E-state index contributed by atoms with van der Waals surface area (Å²) in [6.07, 6.45) is 4.41. The van der Waals surface area contributed by atoms with Crippen LogP contribution in [0.3, 0.4) is 0 Å². The molecule has 1 fully saturated rings. The molecule has 0 aromatic carbocycles. The minimum Gasteiger partial charge on any atom is -0.379 e. The molecule has 0 amide bonds. The second-order valence-corrected chi connectivity index (χ2v) is 5.72. The summed E-state index contributed by atoms with van der Waals surface area (Å²) in [5, 5.41) is 0.657. The zero-order chi connectivity index (χ0) is 12.3. The first kappa shape index (κ1) is 13.1. The van der Waals surface area contributed by atoms with E-state index in [2.05, 4.69) is 20.9 Å². The third-order valence-corrected chi connectivity index (χ3v) is 3.48. The molecule has 94 valence electrons. The normalized spacial score (nSPS) is 15.0. The van der Waals surface area contributed by atoms with E-state index in [1.165, 1.54) is 12.8 Å². The Morgan fingerprint density at radius 2 is 2.35 bits per heavy atom. The molecule has 1 aliphatic carbocycles. The highest BCUT2D eigenvalue weighted by Gasteiger charge is 2.21. The zero-order valence-electron chi connectivity index (χ0n) is 9.83. The largest absolute Gasteiger partial charge is 0.379 e. The summed E-state index contributed by atoms with van der Waals surface area (Å²) in [5.41, 5.74) is 0. The van der Waals surface area contributed by atoms with Gasteiger partial charge in [0, 0.05) is 30.9 Å². The number of ether oxygens (including phenoxy) is 1. The molecule has 0 unspecified atom stereocenters. The van der Waals surface area contributed by atoms with Crippen LogP contribution in [0, 0.1) is 5.92 Å². The predicted molar refractivity (Wildman–Crippen MR) is 73.8 cm³/mol. The zero-order valence-corrected chi connectivity index (χ0v) is 12.2. The molecule has 0 spiro atoms. The van der Waals surface area contributed by atoms with Crippen LogP contribution in [0.5, 0.6) is 0 Å². The first-order valence-corrected chi connectivity index (χ1v) is 6.94. The Hall–Kier alpha value is -0.320. The topological polar surface area (TPSA) is 25.4 Å². The van der Waals surface area contributed by atoms with Crippen molar-refractivity contribution in [1.29, 1.82) is 0 Å².